The molecule has 1 rings (SSSR count). The summed E-state index contributed by atoms with van der Waals surface area (Å²) in [6, 6.07) is 0. The van der Waals surface area contributed by atoms with Gasteiger partial charge in [-0.3, -0.25) is 4.68 Å². The maximum atomic E-state index is 9.75. The second kappa shape index (κ2) is 2.66. The molecule has 1 N–H and O–H groups in total. The third-order valence-corrected chi connectivity index (χ3v) is 2.02. The Balaban J connectivity index is 2.92. The smallest absolute Gasteiger partial charge is 0.0896 e. The summed E-state index contributed by atoms with van der Waals surface area (Å²) in [5.74, 6) is 0. The summed E-state index contributed by atoms with van der Waals surface area (Å²) in [5, 5.41) is 13.7. The van der Waals surface area contributed by atoms with Crippen LogP contribution < -0.4 is 0 Å². The molecule has 0 amide bonds. The summed E-state index contributed by atoms with van der Waals surface area (Å²) in [4.78, 5) is 0. The topological polar surface area (TPSA) is 38.1 Å². The van der Waals surface area contributed by atoms with Gasteiger partial charge in [0.25, 0.3) is 0 Å². The van der Waals surface area contributed by atoms with Gasteiger partial charge in [0.15, 0.2) is 0 Å². The molecule has 3 nitrogen and oxygen atoms in total. The highest BCUT2D eigenvalue weighted by molar-refractivity contribution is 5.13. The van der Waals surface area contributed by atoms with Crippen LogP contribution in [0.25, 0.3) is 0 Å². The quantitative estimate of drug-likeness (QED) is 0.691. The van der Waals surface area contributed by atoms with E-state index in [1.165, 1.54) is 0 Å². The molecule has 1 aromatic heterocycles. The molecule has 1 unspecified atom stereocenters. The van der Waals surface area contributed by atoms with Crippen molar-refractivity contribution < 1.29 is 5.11 Å². The molecule has 0 saturated heterocycles. The zero-order valence-electron chi connectivity index (χ0n) is 7.20. The molecular weight excluding hydrogens is 140 g/mol. The monoisotopic (exact) mass is 154 g/mol. The maximum Gasteiger partial charge on any atom is 0.0896 e. The number of rotatable bonds is 2. The normalized spacial score (nSPS) is 16.4. The second-order valence-corrected chi connectivity index (χ2v) is 3.03. The number of aromatic nitrogens is 2. The van der Waals surface area contributed by atoms with Crippen LogP contribution in [-0.4, -0.2) is 14.9 Å². The zero-order valence-corrected chi connectivity index (χ0v) is 7.20. The van der Waals surface area contributed by atoms with Crippen LogP contribution in [0.2, 0.25) is 0 Å². The standard InChI is InChI=1S/C8H14N2O/c1-4-8(2,11)7-5-9-10(3)6-7/h5-6,11H,4H2,1-3H3. The van der Waals surface area contributed by atoms with Gasteiger partial charge in [-0.1, -0.05) is 6.92 Å². The van der Waals surface area contributed by atoms with Crippen molar-refractivity contribution in [3.8, 4) is 0 Å². The van der Waals surface area contributed by atoms with Crippen molar-refractivity contribution in [2.75, 3.05) is 0 Å². The first-order valence-corrected chi connectivity index (χ1v) is 3.78. The lowest BCUT2D eigenvalue weighted by molar-refractivity contribution is 0.0530. The average molecular weight is 154 g/mol. The lowest BCUT2D eigenvalue weighted by Gasteiger charge is -2.18. The predicted molar refractivity (Wildman–Crippen MR) is 43.1 cm³/mol. The van der Waals surface area contributed by atoms with Crippen LogP contribution in [-0.2, 0) is 12.6 Å². The molecular formula is C8H14N2O. The van der Waals surface area contributed by atoms with Gasteiger partial charge in [-0.2, -0.15) is 5.10 Å². The van der Waals surface area contributed by atoms with Gasteiger partial charge in [-0.05, 0) is 13.3 Å². The lowest BCUT2D eigenvalue weighted by atomic mass is 9.97. The minimum absolute atomic E-state index is 0.707. The summed E-state index contributed by atoms with van der Waals surface area (Å²) in [7, 11) is 1.84. The Kier molecular flexibility index (Phi) is 2.00. The first-order valence-electron chi connectivity index (χ1n) is 3.78. The summed E-state index contributed by atoms with van der Waals surface area (Å²) < 4.78 is 1.69. The van der Waals surface area contributed by atoms with E-state index in [9.17, 15) is 5.11 Å². The predicted octanol–water partition coefficient (Wildman–Crippen LogP) is 1.04. The molecule has 62 valence electrons. The molecule has 0 aliphatic rings. The second-order valence-electron chi connectivity index (χ2n) is 3.03. The van der Waals surface area contributed by atoms with Crippen LogP contribution in [0.1, 0.15) is 25.8 Å². The van der Waals surface area contributed by atoms with Crippen LogP contribution in [0, 0.1) is 0 Å². The average Bonchev–Trinajstić information content (AvgIpc) is 2.36. The van der Waals surface area contributed by atoms with Gasteiger partial charge in [0.2, 0.25) is 0 Å². The minimum Gasteiger partial charge on any atom is -0.385 e. The van der Waals surface area contributed by atoms with Gasteiger partial charge in [0.05, 0.1) is 11.8 Å². The van der Waals surface area contributed by atoms with E-state index in [1.807, 2.05) is 20.2 Å². The molecule has 0 saturated carbocycles. The van der Waals surface area contributed by atoms with Crippen molar-refractivity contribution in [3.63, 3.8) is 0 Å². The number of nitrogens with zero attached hydrogens (tertiary/aromatic N) is 2. The fraction of sp³-hybridized carbons (Fsp3) is 0.625. The Morgan fingerprint density at radius 2 is 2.36 bits per heavy atom. The van der Waals surface area contributed by atoms with Gasteiger partial charge >= 0.3 is 0 Å². The Morgan fingerprint density at radius 1 is 1.73 bits per heavy atom. The van der Waals surface area contributed by atoms with Crippen LogP contribution in [0.5, 0.6) is 0 Å². The van der Waals surface area contributed by atoms with Crippen molar-refractivity contribution in [2.45, 2.75) is 25.9 Å². The van der Waals surface area contributed by atoms with Gasteiger partial charge in [0.1, 0.15) is 0 Å². The third-order valence-electron chi connectivity index (χ3n) is 2.02. The fourth-order valence-electron chi connectivity index (χ4n) is 0.903. The molecule has 1 heterocycles. The fourth-order valence-corrected chi connectivity index (χ4v) is 0.903. The van der Waals surface area contributed by atoms with Crippen LogP contribution in [0.4, 0.5) is 0 Å². The number of aryl methyl sites for hydroxylation is 1. The van der Waals surface area contributed by atoms with Crippen molar-refractivity contribution in [2.24, 2.45) is 7.05 Å². The van der Waals surface area contributed by atoms with E-state index in [1.54, 1.807) is 17.8 Å². The molecule has 0 aliphatic carbocycles. The first kappa shape index (κ1) is 8.27. The van der Waals surface area contributed by atoms with E-state index >= 15 is 0 Å². The summed E-state index contributed by atoms with van der Waals surface area (Å²) in [5.41, 5.74) is 0.149. The van der Waals surface area contributed by atoms with Crippen LogP contribution in [0.15, 0.2) is 12.4 Å². The molecule has 0 bridgehead atoms. The molecule has 1 aromatic rings. The van der Waals surface area contributed by atoms with Crippen LogP contribution in [0.3, 0.4) is 0 Å². The largest absolute Gasteiger partial charge is 0.385 e. The Bertz CT molecular complexity index is 240. The minimum atomic E-state index is -0.728. The number of hydrogen-bond donors (Lipinski definition) is 1. The maximum absolute atomic E-state index is 9.75. The van der Waals surface area contributed by atoms with E-state index in [0.717, 1.165) is 5.56 Å². The molecule has 0 aliphatic heterocycles. The highest BCUT2D eigenvalue weighted by Crippen LogP contribution is 2.22. The van der Waals surface area contributed by atoms with Gasteiger partial charge in [-0.15, -0.1) is 0 Å². The number of hydrogen-bond acceptors (Lipinski definition) is 2. The van der Waals surface area contributed by atoms with E-state index in [4.69, 9.17) is 0 Å². The van der Waals surface area contributed by atoms with E-state index in [2.05, 4.69) is 5.10 Å². The summed E-state index contributed by atoms with van der Waals surface area (Å²) in [6.45, 7) is 3.75. The first-order chi connectivity index (χ1) is 5.06. The zero-order chi connectivity index (χ0) is 8.48. The molecule has 1 atom stereocenters. The molecule has 3 heteroatoms. The molecule has 0 aromatic carbocycles. The lowest BCUT2D eigenvalue weighted by Crippen LogP contribution is -2.18. The van der Waals surface area contributed by atoms with Gasteiger partial charge < -0.3 is 5.11 Å². The highest BCUT2D eigenvalue weighted by atomic mass is 16.3. The molecule has 0 radical (unpaired) electrons. The molecule has 0 fully saturated rings. The molecule has 0 spiro atoms. The third kappa shape index (κ3) is 1.60. The summed E-state index contributed by atoms with van der Waals surface area (Å²) in [6.07, 6.45) is 4.24. The van der Waals surface area contributed by atoms with Crippen molar-refractivity contribution in [1.29, 1.82) is 0 Å². The van der Waals surface area contributed by atoms with E-state index < -0.39 is 5.60 Å². The van der Waals surface area contributed by atoms with Crippen LogP contribution >= 0.6 is 0 Å². The Labute approximate surface area is 66.7 Å². The van der Waals surface area contributed by atoms with Gasteiger partial charge in [0, 0.05) is 18.8 Å². The van der Waals surface area contributed by atoms with E-state index in [-0.39, 0.29) is 0 Å². The van der Waals surface area contributed by atoms with Crippen molar-refractivity contribution >= 4 is 0 Å². The summed E-state index contributed by atoms with van der Waals surface area (Å²) >= 11 is 0. The Hall–Kier alpha value is -0.830. The highest BCUT2D eigenvalue weighted by Gasteiger charge is 2.21. The van der Waals surface area contributed by atoms with E-state index in [0.29, 0.717) is 6.42 Å². The Morgan fingerprint density at radius 3 is 2.73 bits per heavy atom. The van der Waals surface area contributed by atoms with Gasteiger partial charge in [-0.25, -0.2) is 0 Å². The molecule has 11 heavy (non-hydrogen) atoms. The SMILES string of the molecule is CCC(C)(O)c1cnn(C)c1. The van der Waals surface area contributed by atoms with Crippen molar-refractivity contribution in [3.05, 3.63) is 18.0 Å². The van der Waals surface area contributed by atoms with Crippen molar-refractivity contribution in [1.82, 2.24) is 9.78 Å². The number of aliphatic hydroxyl groups is 1.